The molecule has 3 aromatic rings. The van der Waals surface area contributed by atoms with Gasteiger partial charge in [-0.1, -0.05) is 0 Å². The Labute approximate surface area is 243 Å². The second kappa shape index (κ2) is 15.5. The number of thiol groups is 1. The van der Waals surface area contributed by atoms with Gasteiger partial charge in [-0.05, 0) is 0 Å². The quantitative estimate of drug-likeness (QED) is 0.0970. The number of hydrogen-bond acceptors (Lipinski definition) is 7. The number of rotatable bonds is 16. The molecule has 0 aromatic heterocycles. The Morgan fingerprint density at radius 3 is 1.67 bits per heavy atom. The minimum absolute atomic E-state index is 0.0847. The standard InChI is InChI=1S/C29H36BrN2O5PS/c30-38(24-10-4-1-5-11-24,25-12-6-2-7-13-25,26-14-8-3-9-15-26)21-20-36-17-16-35-18-19-37-28(33)22-32-29(34)27(31)23-39/h1-15,27,39H,16-23,31H2,(H,32,34)/t27-/m0/s1. The molecule has 1 atom stereocenters. The number of ether oxygens (including phenoxy) is 3. The third-order valence-corrected chi connectivity index (χ3v) is 16.6. The van der Waals surface area contributed by atoms with E-state index in [0.29, 0.717) is 19.8 Å². The number of hydrogen-bond donors (Lipinski definition) is 3. The van der Waals surface area contributed by atoms with Crippen molar-refractivity contribution in [1.82, 2.24) is 5.32 Å². The van der Waals surface area contributed by atoms with Gasteiger partial charge >= 0.3 is 204 Å². The predicted octanol–water partition coefficient (Wildman–Crippen LogP) is 2.78. The van der Waals surface area contributed by atoms with Gasteiger partial charge in [0, 0.05) is 5.75 Å². The summed E-state index contributed by atoms with van der Waals surface area (Å²) in [7, 11) is 0. The summed E-state index contributed by atoms with van der Waals surface area (Å²) in [6.45, 7) is 1.37. The fourth-order valence-electron chi connectivity index (χ4n) is 4.25. The fraction of sp³-hybridized carbons (Fsp3) is 0.310. The number of nitrogens with one attached hydrogen (secondary N) is 1. The second-order valence-electron chi connectivity index (χ2n) is 8.87. The van der Waals surface area contributed by atoms with Crippen molar-refractivity contribution >= 4 is 61.2 Å². The van der Waals surface area contributed by atoms with E-state index < -0.39 is 23.2 Å². The summed E-state index contributed by atoms with van der Waals surface area (Å²) in [5.74, 6) is -0.805. The first-order valence-electron chi connectivity index (χ1n) is 12.7. The first kappa shape index (κ1) is 31.3. The molecule has 0 fully saturated rings. The molecule has 0 radical (unpaired) electrons. The van der Waals surface area contributed by atoms with Crippen molar-refractivity contribution in [2.45, 2.75) is 6.04 Å². The van der Waals surface area contributed by atoms with Crippen molar-refractivity contribution in [2.75, 3.05) is 51.5 Å². The minimum atomic E-state index is -3.01. The average Bonchev–Trinajstić information content (AvgIpc) is 2.99. The molecule has 0 aliphatic carbocycles. The van der Waals surface area contributed by atoms with Crippen LogP contribution in [-0.4, -0.2) is 69.4 Å². The summed E-state index contributed by atoms with van der Waals surface area (Å²) in [6.07, 6.45) is 0.768. The van der Waals surface area contributed by atoms with Gasteiger partial charge in [-0.25, -0.2) is 0 Å². The van der Waals surface area contributed by atoms with Crippen molar-refractivity contribution in [2.24, 2.45) is 5.73 Å². The molecular weight excluding hydrogens is 599 g/mol. The number of esters is 1. The van der Waals surface area contributed by atoms with E-state index >= 15 is 0 Å². The van der Waals surface area contributed by atoms with Crippen LogP contribution < -0.4 is 27.0 Å². The summed E-state index contributed by atoms with van der Waals surface area (Å²) in [6, 6.07) is 31.0. The van der Waals surface area contributed by atoms with E-state index in [0.717, 1.165) is 6.16 Å². The maximum atomic E-state index is 11.7. The summed E-state index contributed by atoms with van der Waals surface area (Å²) in [4.78, 5) is 23.3. The van der Waals surface area contributed by atoms with Gasteiger partial charge in [0.2, 0.25) is 5.91 Å². The molecule has 10 heteroatoms. The molecule has 0 saturated carbocycles. The third kappa shape index (κ3) is 8.13. The molecule has 39 heavy (non-hydrogen) atoms. The maximum absolute atomic E-state index is 11.7. The van der Waals surface area contributed by atoms with E-state index in [2.05, 4.69) is 106 Å². The second-order valence-corrected chi connectivity index (χ2v) is 18.3. The van der Waals surface area contributed by atoms with Crippen LogP contribution in [0.15, 0.2) is 91.0 Å². The monoisotopic (exact) mass is 634 g/mol. The van der Waals surface area contributed by atoms with Crippen LogP contribution in [0.4, 0.5) is 0 Å². The van der Waals surface area contributed by atoms with Crippen LogP contribution in [0, 0.1) is 0 Å². The topological polar surface area (TPSA) is 99.9 Å². The van der Waals surface area contributed by atoms with Gasteiger partial charge in [0.1, 0.15) is 0 Å². The van der Waals surface area contributed by atoms with E-state index in [4.69, 9.17) is 19.9 Å². The molecule has 0 unspecified atom stereocenters. The first-order chi connectivity index (χ1) is 18.9. The third-order valence-electron chi connectivity index (χ3n) is 6.34. The molecular formula is C29H36BrN2O5PS. The van der Waals surface area contributed by atoms with Crippen LogP contribution in [0.2, 0.25) is 0 Å². The van der Waals surface area contributed by atoms with E-state index in [-0.39, 0.29) is 25.5 Å². The van der Waals surface area contributed by atoms with Crippen LogP contribution >= 0.6 is 33.4 Å². The Kier molecular flexibility index (Phi) is 12.4. The number of carbonyl (C=O) groups excluding carboxylic acids is 2. The van der Waals surface area contributed by atoms with Crippen molar-refractivity contribution in [3.63, 3.8) is 0 Å². The van der Waals surface area contributed by atoms with Gasteiger partial charge in [0.15, 0.2) is 0 Å². The molecule has 0 heterocycles. The zero-order valence-electron chi connectivity index (χ0n) is 21.8. The van der Waals surface area contributed by atoms with Crippen molar-refractivity contribution < 1.29 is 23.8 Å². The van der Waals surface area contributed by atoms with E-state index in [1.807, 2.05) is 18.2 Å². The normalized spacial score (nSPS) is 13.2. The van der Waals surface area contributed by atoms with E-state index in [1.165, 1.54) is 15.9 Å². The fourth-order valence-corrected chi connectivity index (χ4v) is 11.5. The molecule has 0 saturated heterocycles. The Morgan fingerprint density at radius 2 is 1.21 bits per heavy atom. The Bertz CT molecular complexity index is 1070. The van der Waals surface area contributed by atoms with E-state index in [1.54, 1.807) is 0 Å². The predicted molar refractivity (Wildman–Crippen MR) is 166 cm³/mol. The Balaban J connectivity index is 1.53. The molecule has 3 aromatic carbocycles. The Morgan fingerprint density at radius 1 is 0.769 bits per heavy atom. The van der Waals surface area contributed by atoms with Crippen LogP contribution in [0.1, 0.15) is 0 Å². The van der Waals surface area contributed by atoms with Crippen molar-refractivity contribution in [3.8, 4) is 0 Å². The summed E-state index contributed by atoms with van der Waals surface area (Å²) < 4.78 is 16.7. The summed E-state index contributed by atoms with van der Waals surface area (Å²) in [5, 5.41) is 3.13. The van der Waals surface area contributed by atoms with Crippen LogP contribution in [0.5, 0.6) is 0 Å². The zero-order chi connectivity index (χ0) is 28.0. The van der Waals surface area contributed by atoms with Crippen LogP contribution in [-0.2, 0) is 23.8 Å². The molecule has 3 rings (SSSR count). The number of carbonyl (C=O) groups is 2. The molecule has 7 nitrogen and oxygen atoms in total. The van der Waals surface area contributed by atoms with Gasteiger partial charge in [-0.15, -0.1) is 0 Å². The van der Waals surface area contributed by atoms with Gasteiger partial charge < -0.3 is 5.73 Å². The molecule has 0 aliphatic heterocycles. The number of halogens is 1. The van der Waals surface area contributed by atoms with Crippen molar-refractivity contribution in [3.05, 3.63) is 91.0 Å². The molecule has 210 valence electrons. The van der Waals surface area contributed by atoms with Crippen molar-refractivity contribution in [1.29, 1.82) is 0 Å². The molecule has 0 spiro atoms. The Hall–Kier alpha value is -2.26. The molecule has 0 aliphatic rings. The van der Waals surface area contributed by atoms with Gasteiger partial charge in [-0.2, -0.15) is 12.6 Å². The first-order valence-corrected chi connectivity index (χ1v) is 17.8. The molecule has 0 bridgehead atoms. The van der Waals surface area contributed by atoms with Gasteiger partial charge in [0.05, 0.1) is 6.04 Å². The number of nitrogens with two attached hydrogens (primary N) is 1. The summed E-state index contributed by atoms with van der Waals surface area (Å²) in [5.41, 5.74) is 5.54. The number of amides is 1. The van der Waals surface area contributed by atoms with Crippen LogP contribution in [0.3, 0.4) is 0 Å². The average molecular weight is 636 g/mol. The molecule has 1 amide bonds. The zero-order valence-corrected chi connectivity index (χ0v) is 25.2. The number of benzene rings is 3. The van der Waals surface area contributed by atoms with Gasteiger partial charge in [-0.3, -0.25) is 4.79 Å². The molecule has 3 N–H and O–H groups in total. The van der Waals surface area contributed by atoms with E-state index in [9.17, 15) is 9.59 Å². The summed E-state index contributed by atoms with van der Waals surface area (Å²) >= 11 is 8.35. The SMILES string of the molecule is N[C@@H](CS)C(=O)NCC(=O)OCCOCCOCCP(Br)(c1ccccc1)(c1ccccc1)c1ccccc1. The van der Waals surface area contributed by atoms with Crippen LogP contribution in [0.25, 0.3) is 0 Å². The van der Waals surface area contributed by atoms with Gasteiger partial charge in [0.25, 0.3) is 0 Å².